The lowest BCUT2D eigenvalue weighted by Crippen LogP contribution is -2.08. The maximum Gasteiger partial charge on any atom is 0.223 e. The molecule has 0 saturated carbocycles. The molecule has 1 heterocycles. The number of hydrogen-bond donors (Lipinski definition) is 1. The number of hydrogen-bond acceptors (Lipinski definition) is 5. The van der Waals surface area contributed by atoms with Gasteiger partial charge in [0.15, 0.2) is 6.61 Å². The van der Waals surface area contributed by atoms with Gasteiger partial charge >= 0.3 is 0 Å². The number of aryl methyl sites for hydroxylation is 1. The Bertz CT molecular complexity index is 540. The monoisotopic (exact) mass is 251 g/mol. The smallest absolute Gasteiger partial charge is 0.223 e. The molecule has 0 radical (unpaired) electrons. The molecule has 96 valence electrons. The standard InChI is InChI=1S/C12H14FN3O2/c1-7(14)10-4-3-9(13)5-11(10)17-6-12-15-8(2)18-16-12/h3-5,7H,6,14H2,1-2H3. The van der Waals surface area contributed by atoms with Gasteiger partial charge in [-0.15, -0.1) is 0 Å². The van der Waals surface area contributed by atoms with Gasteiger partial charge in [0.2, 0.25) is 11.7 Å². The predicted octanol–water partition coefficient (Wildman–Crippen LogP) is 2.12. The molecule has 1 atom stereocenters. The van der Waals surface area contributed by atoms with E-state index in [1.807, 2.05) is 0 Å². The van der Waals surface area contributed by atoms with E-state index in [1.54, 1.807) is 19.9 Å². The van der Waals surface area contributed by atoms with Crippen molar-refractivity contribution in [3.05, 3.63) is 41.3 Å². The van der Waals surface area contributed by atoms with E-state index in [9.17, 15) is 4.39 Å². The minimum atomic E-state index is -0.376. The summed E-state index contributed by atoms with van der Waals surface area (Å²) in [5.74, 6) is 0.888. The molecule has 2 N–H and O–H groups in total. The number of rotatable bonds is 4. The van der Waals surface area contributed by atoms with Crippen LogP contribution in [0.15, 0.2) is 22.7 Å². The van der Waals surface area contributed by atoms with Crippen molar-refractivity contribution in [1.29, 1.82) is 0 Å². The van der Waals surface area contributed by atoms with Gasteiger partial charge in [0.25, 0.3) is 0 Å². The summed E-state index contributed by atoms with van der Waals surface area (Å²) >= 11 is 0. The van der Waals surface area contributed by atoms with Gasteiger partial charge in [0.1, 0.15) is 11.6 Å². The zero-order valence-electron chi connectivity index (χ0n) is 10.2. The van der Waals surface area contributed by atoms with E-state index in [4.69, 9.17) is 15.0 Å². The van der Waals surface area contributed by atoms with E-state index in [1.165, 1.54) is 12.1 Å². The molecule has 0 spiro atoms. The molecule has 1 aromatic heterocycles. The molecule has 0 aliphatic carbocycles. The molecule has 6 heteroatoms. The molecule has 0 aliphatic heterocycles. The Morgan fingerprint density at radius 3 is 2.89 bits per heavy atom. The van der Waals surface area contributed by atoms with E-state index >= 15 is 0 Å². The molecule has 0 saturated heterocycles. The lowest BCUT2D eigenvalue weighted by Gasteiger charge is -2.12. The number of nitrogens with zero attached hydrogens (tertiary/aromatic N) is 2. The summed E-state index contributed by atoms with van der Waals surface area (Å²) in [6.07, 6.45) is 0. The van der Waals surface area contributed by atoms with Crippen LogP contribution in [0.25, 0.3) is 0 Å². The second-order valence-corrected chi connectivity index (χ2v) is 3.99. The Morgan fingerprint density at radius 1 is 1.50 bits per heavy atom. The zero-order valence-corrected chi connectivity index (χ0v) is 10.2. The van der Waals surface area contributed by atoms with E-state index in [-0.39, 0.29) is 18.5 Å². The van der Waals surface area contributed by atoms with Crippen molar-refractivity contribution in [3.63, 3.8) is 0 Å². The fourth-order valence-corrected chi connectivity index (χ4v) is 1.55. The highest BCUT2D eigenvalue weighted by atomic mass is 19.1. The number of aromatic nitrogens is 2. The lowest BCUT2D eigenvalue weighted by atomic mass is 10.1. The Balaban J connectivity index is 2.15. The summed E-state index contributed by atoms with van der Waals surface area (Å²) in [7, 11) is 0. The molecule has 0 amide bonds. The van der Waals surface area contributed by atoms with E-state index in [0.717, 1.165) is 5.56 Å². The molecular weight excluding hydrogens is 237 g/mol. The maximum absolute atomic E-state index is 13.2. The minimum Gasteiger partial charge on any atom is -0.485 e. The Labute approximate surface area is 104 Å². The van der Waals surface area contributed by atoms with Crippen LogP contribution in [0.4, 0.5) is 4.39 Å². The van der Waals surface area contributed by atoms with Gasteiger partial charge in [0.05, 0.1) is 0 Å². The van der Waals surface area contributed by atoms with Gasteiger partial charge in [-0.1, -0.05) is 11.2 Å². The van der Waals surface area contributed by atoms with Crippen molar-refractivity contribution in [2.45, 2.75) is 26.5 Å². The first-order valence-corrected chi connectivity index (χ1v) is 5.53. The van der Waals surface area contributed by atoms with Crippen LogP contribution in [-0.4, -0.2) is 10.1 Å². The highest BCUT2D eigenvalue weighted by Gasteiger charge is 2.11. The second kappa shape index (κ2) is 5.14. The topological polar surface area (TPSA) is 74.2 Å². The van der Waals surface area contributed by atoms with Crippen LogP contribution in [0.2, 0.25) is 0 Å². The van der Waals surface area contributed by atoms with Gasteiger partial charge in [0, 0.05) is 24.6 Å². The molecule has 0 fully saturated rings. The van der Waals surface area contributed by atoms with Crippen LogP contribution < -0.4 is 10.5 Å². The van der Waals surface area contributed by atoms with Gasteiger partial charge in [-0.25, -0.2) is 4.39 Å². The summed E-state index contributed by atoms with van der Waals surface area (Å²) in [4.78, 5) is 3.99. The summed E-state index contributed by atoms with van der Waals surface area (Å²) in [5, 5.41) is 3.69. The molecule has 0 aliphatic rings. The molecule has 0 bridgehead atoms. The summed E-state index contributed by atoms with van der Waals surface area (Å²) in [5.41, 5.74) is 6.52. The first-order valence-electron chi connectivity index (χ1n) is 5.53. The number of benzene rings is 1. The van der Waals surface area contributed by atoms with Crippen molar-refractivity contribution >= 4 is 0 Å². The molecule has 1 unspecified atom stereocenters. The zero-order chi connectivity index (χ0) is 13.1. The molecule has 5 nitrogen and oxygen atoms in total. The molecular formula is C12H14FN3O2. The number of nitrogens with two attached hydrogens (primary N) is 1. The molecule has 2 aromatic rings. The number of ether oxygens (including phenoxy) is 1. The maximum atomic E-state index is 13.2. The Kier molecular flexibility index (Phi) is 3.57. The minimum absolute atomic E-state index is 0.112. The third kappa shape index (κ3) is 2.84. The fraction of sp³-hybridized carbons (Fsp3) is 0.333. The van der Waals surface area contributed by atoms with Gasteiger partial charge < -0.3 is 15.0 Å². The van der Waals surface area contributed by atoms with Crippen LogP contribution >= 0.6 is 0 Å². The lowest BCUT2D eigenvalue weighted by molar-refractivity contribution is 0.280. The first kappa shape index (κ1) is 12.5. The van der Waals surface area contributed by atoms with Crippen LogP contribution in [0.5, 0.6) is 5.75 Å². The Morgan fingerprint density at radius 2 is 2.28 bits per heavy atom. The van der Waals surface area contributed by atoms with Crippen molar-refractivity contribution < 1.29 is 13.7 Å². The summed E-state index contributed by atoms with van der Waals surface area (Å²) < 4.78 is 23.5. The third-order valence-electron chi connectivity index (χ3n) is 2.39. The largest absolute Gasteiger partial charge is 0.485 e. The fourth-order valence-electron chi connectivity index (χ4n) is 1.55. The normalized spacial score (nSPS) is 12.4. The van der Waals surface area contributed by atoms with Crippen LogP contribution in [0, 0.1) is 12.7 Å². The molecule has 2 rings (SSSR count). The van der Waals surface area contributed by atoms with Crippen LogP contribution in [0.1, 0.15) is 30.2 Å². The van der Waals surface area contributed by atoms with Crippen molar-refractivity contribution in [1.82, 2.24) is 10.1 Å². The van der Waals surface area contributed by atoms with Crippen molar-refractivity contribution in [2.75, 3.05) is 0 Å². The molecule has 1 aromatic carbocycles. The predicted molar refractivity (Wildman–Crippen MR) is 62.4 cm³/mol. The van der Waals surface area contributed by atoms with Gasteiger partial charge in [-0.3, -0.25) is 0 Å². The van der Waals surface area contributed by atoms with Crippen LogP contribution in [0.3, 0.4) is 0 Å². The average molecular weight is 251 g/mol. The van der Waals surface area contributed by atoms with E-state index in [0.29, 0.717) is 17.5 Å². The SMILES string of the molecule is Cc1nc(COc2cc(F)ccc2C(C)N)no1. The third-order valence-corrected chi connectivity index (χ3v) is 2.39. The highest BCUT2D eigenvalue weighted by molar-refractivity contribution is 5.36. The van der Waals surface area contributed by atoms with E-state index in [2.05, 4.69) is 10.1 Å². The summed E-state index contributed by atoms with van der Waals surface area (Å²) in [6, 6.07) is 4.01. The van der Waals surface area contributed by atoms with Crippen molar-refractivity contribution in [2.24, 2.45) is 5.73 Å². The quantitative estimate of drug-likeness (QED) is 0.900. The van der Waals surface area contributed by atoms with Crippen LogP contribution in [-0.2, 0) is 6.61 Å². The molecule has 18 heavy (non-hydrogen) atoms. The van der Waals surface area contributed by atoms with E-state index < -0.39 is 0 Å². The first-order chi connectivity index (χ1) is 8.56. The average Bonchev–Trinajstić information content (AvgIpc) is 2.72. The van der Waals surface area contributed by atoms with Gasteiger partial charge in [-0.05, 0) is 13.0 Å². The Hall–Kier alpha value is -1.95. The number of halogens is 1. The summed E-state index contributed by atoms with van der Waals surface area (Å²) in [6.45, 7) is 3.60. The van der Waals surface area contributed by atoms with Crippen molar-refractivity contribution in [3.8, 4) is 5.75 Å². The second-order valence-electron chi connectivity index (χ2n) is 3.99. The van der Waals surface area contributed by atoms with Gasteiger partial charge in [-0.2, -0.15) is 4.98 Å². The highest BCUT2D eigenvalue weighted by Crippen LogP contribution is 2.25.